The maximum absolute atomic E-state index is 2.27. The van der Waals surface area contributed by atoms with E-state index in [2.05, 4.69) is 34.6 Å². The van der Waals surface area contributed by atoms with Crippen LogP contribution < -0.4 is 0 Å². The van der Waals surface area contributed by atoms with E-state index in [1.807, 2.05) is 0 Å². The van der Waals surface area contributed by atoms with Crippen LogP contribution in [0, 0.1) is 5.92 Å². The van der Waals surface area contributed by atoms with Crippen molar-refractivity contribution >= 4 is 0 Å². The molecule has 0 spiro atoms. The van der Waals surface area contributed by atoms with E-state index in [-0.39, 0.29) is 0 Å². The first-order chi connectivity index (χ1) is 4.57. The molecule has 0 aliphatic heterocycles. The molecule has 0 aromatic rings. The molecule has 0 aliphatic rings. The van der Waals surface area contributed by atoms with Gasteiger partial charge in [-0.1, -0.05) is 31.9 Å². The summed E-state index contributed by atoms with van der Waals surface area (Å²) in [5.74, 6) is 0.807. The number of allylic oxidation sites excluding steroid dienone is 2. The molecule has 10 heavy (non-hydrogen) atoms. The first kappa shape index (κ1) is 9.74. The maximum Gasteiger partial charge on any atom is -0.0297 e. The van der Waals surface area contributed by atoms with Crippen LogP contribution in [0.15, 0.2) is 11.1 Å². The third kappa shape index (κ3) is 3.71. The van der Waals surface area contributed by atoms with Gasteiger partial charge in [0.1, 0.15) is 0 Å². The smallest absolute Gasteiger partial charge is 0.0297 e. The lowest BCUT2D eigenvalue weighted by molar-refractivity contribution is 0.636. The van der Waals surface area contributed by atoms with Crippen LogP contribution in [-0.4, -0.2) is 0 Å². The van der Waals surface area contributed by atoms with Gasteiger partial charge >= 0.3 is 0 Å². The van der Waals surface area contributed by atoms with E-state index in [4.69, 9.17) is 0 Å². The highest BCUT2D eigenvalue weighted by Gasteiger charge is 1.97. The molecule has 0 rings (SSSR count). The lowest BCUT2D eigenvalue weighted by atomic mass is 9.99. The van der Waals surface area contributed by atoms with Gasteiger partial charge in [0.15, 0.2) is 0 Å². The second-order valence-corrected chi connectivity index (χ2v) is 3.51. The first-order valence-corrected chi connectivity index (χ1v) is 4.23. The molecule has 0 heterocycles. The summed E-state index contributed by atoms with van der Waals surface area (Å²) in [7, 11) is 0. The molecule has 0 unspecified atom stereocenters. The van der Waals surface area contributed by atoms with Crippen molar-refractivity contribution in [3.05, 3.63) is 11.1 Å². The summed E-state index contributed by atoms with van der Waals surface area (Å²) in [6.45, 7) is 11.2. The van der Waals surface area contributed by atoms with Crippen LogP contribution in [0.5, 0.6) is 0 Å². The minimum atomic E-state index is 0.807. The van der Waals surface area contributed by atoms with Crippen molar-refractivity contribution in [3.63, 3.8) is 0 Å². The zero-order valence-electron chi connectivity index (χ0n) is 7.99. The van der Waals surface area contributed by atoms with Crippen molar-refractivity contribution in [2.75, 3.05) is 0 Å². The van der Waals surface area contributed by atoms with E-state index in [1.54, 1.807) is 11.1 Å². The van der Waals surface area contributed by atoms with E-state index < -0.39 is 0 Å². The van der Waals surface area contributed by atoms with Gasteiger partial charge in [-0.15, -0.1) is 0 Å². The predicted molar refractivity (Wildman–Crippen MR) is 48.1 cm³/mol. The predicted octanol–water partition coefficient (Wildman–Crippen LogP) is 3.78. The number of rotatable bonds is 3. The SMILES string of the molecule is CC/C(C)=C(\C)CC(C)C. The van der Waals surface area contributed by atoms with Crippen LogP contribution in [0.25, 0.3) is 0 Å². The Kier molecular flexibility index (Phi) is 4.42. The molecule has 60 valence electrons. The summed E-state index contributed by atoms with van der Waals surface area (Å²) < 4.78 is 0. The average Bonchev–Trinajstić information content (AvgIpc) is 1.85. The van der Waals surface area contributed by atoms with Crippen molar-refractivity contribution in [3.8, 4) is 0 Å². The van der Waals surface area contributed by atoms with Gasteiger partial charge in [0.05, 0.1) is 0 Å². The van der Waals surface area contributed by atoms with E-state index in [9.17, 15) is 0 Å². The van der Waals surface area contributed by atoms with Crippen LogP contribution in [-0.2, 0) is 0 Å². The molecule has 0 heteroatoms. The standard InChI is InChI=1S/C10H20/c1-6-9(4)10(5)7-8(2)3/h8H,6-7H2,1-5H3/b10-9+. The van der Waals surface area contributed by atoms with Crippen molar-refractivity contribution in [2.45, 2.75) is 47.5 Å². The Morgan fingerprint density at radius 3 is 1.90 bits per heavy atom. The third-order valence-electron chi connectivity index (χ3n) is 1.97. The van der Waals surface area contributed by atoms with Gasteiger partial charge in [0.2, 0.25) is 0 Å². The Balaban J connectivity index is 3.92. The summed E-state index contributed by atoms with van der Waals surface area (Å²) in [5, 5.41) is 0. The molecule has 0 aromatic carbocycles. The molecule has 0 aromatic heterocycles. The van der Waals surface area contributed by atoms with E-state index in [1.165, 1.54) is 12.8 Å². The van der Waals surface area contributed by atoms with Crippen LogP contribution in [0.3, 0.4) is 0 Å². The fourth-order valence-electron chi connectivity index (χ4n) is 1.09. The Morgan fingerprint density at radius 1 is 1.10 bits per heavy atom. The molecular weight excluding hydrogens is 120 g/mol. The monoisotopic (exact) mass is 140 g/mol. The van der Waals surface area contributed by atoms with Gasteiger partial charge < -0.3 is 0 Å². The molecule has 0 nitrogen and oxygen atoms in total. The molecule has 0 saturated carbocycles. The topological polar surface area (TPSA) is 0 Å². The highest BCUT2D eigenvalue weighted by molar-refractivity contribution is 5.08. The Hall–Kier alpha value is -0.260. The number of hydrogen-bond acceptors (Lipinski definition) is 0. The fraction of sp³-hybridized carbons (Fsp3) is 0.800. The minimum absolute atomic E-state index is 0.807. The van der Waals surface area contributed by atoms with Crippen molar-refractivity contribution < 1.29 is 0 Å². The summed E-state index contributed by atoms with van der Waals surface area (Å²) >= 11 is 0. The van der Waals surface area contributed by atoms with Crippen molar-refractivity contribution in [1.29, 1.82) is 0 Å². The highest BCUT2D eigenvalue weighted by atomic mass is 14.0. The molecule has 0 saturated heterocycles. The van der Waals surface area contributed by atoms with Gasteiger partial charge in [-0.2, -0.15) is 0 Å². The zero-order valence-corrected chi connectivity index (χ0v) is 7.99. The van der Waals surface area contributed by atoms with Gasteiger partial charge in [-0.25, -0.2) is 0 Å². The molecule has 0 atom stereocenters. The third-order valence-corrected chi connectivity index (χ3v) is 1.97. The maximum atomic E-state index is 2.27. The van der Waals surface area contributed by atoms with Crippen LogP contribution in [0.4, 0.5) is 0 Å². The molecule has 0 bridgehead atoms. The zero-order chi connectivity index (χ0) is 8.15. The molecule has 0 N–H and O–H groups in total. The second-order valence-electron chi connectivity index (χ2n) is 3.51. The quantitative estimate of drug-likeness (QED) is 0.523. The Morgan fingerprint density at radius 2 is 1.60 bits per heavy atom. The lowest BCUT2D eigenvalue weighted by Crippen LogP contribution is -1.90. The summed E-state index contributed by atoms with van der Waals surface area (Å²) in [5.41, 5.74) is 3.14. The normalized spacial score (nSPS) is 13.8. The Labute approximate surface area is 65.3 Å². The van der Waals surface area contributed by atoms with Gasteiger partial charge in [-0.05, 0) is 32.6 Å². The summed E-state index contributed by atoms with van der Waals surface area (Å²) in [6, 6.07) is 0. The molecule has 0 aliphatic carbocycles. The van der Waals surface area contributed by atoms with E-state index >= 15 is 0 Å². The van der Waals surface area contributed by atoms with E-state index in [0.717, 1.165) is 5.92 Å². The van der Waals surface area contributed by atoms with Crippen molar-refractivity contribution in [1.82, 2.24) is 0 Å². The summed E-state index contributed by atoms with van der Waals surface area (Å²) in [6.07, 6.45) is 2.47. The van der Waals surface area contributed by atoms with Crippen LogP contribution in [0.1, 0.15) is 47.5 Å². The van der Waals surface area contributed by atoms with Gasteiger partial charge in [0, 0.05) is 0 Å². The highest BCUT2D eigenvalue weighted by Crippen LogP contribution is 2.15. The molecule has 0 radical (unpaired) electrons. The second kappa shape index (κ2) is 4.54. The lowest BCUT2D eigenvalue weighted by Gasteiger charge is -2.07. The molecule has 0 amide bonds. The van der Waals surface area contributed by atoms with E-state index in [0.29, 0.717) is 0 Å². The van der Waals surface area contributed by atoms with Crippen LogP contribution >= 0.6 is 0 Å². The average molecular weight is 140 g/mol. The van der Waals surface area contributed by atoms with Gasteiger partial charge in [-0.3, -0.25) is 0 Å². The summed E-state index contributed by atoms with van der Waals surface area (Å²) in [4.78, 5) is 0. The Bertz CT molecular complexity index is 118. The minimum Gasteiger partial charge on any atom is -0.0747 e. The molecular formula is C10H20. The van der Waals surface area contributed by atoms with Gasteiger partial charge in [0.25, 0.3) is 0 Å². The fourth-order valence-corrected chi connectivity index (χ4v) is 1.09. The number of hydrogen-bond donors (Lipinski definition) is 0. The van der Waals surface area contributed by atoms with Crippen LogP contribution in [0.2, 0.25) is 0 Å². The largest absolute Gasteiger partial charge is 0.0747 e. The first-order valence-electron chi connectivity index (χ1n) is 4.23. The van der Waals surface area contributed by atoms with Crippen molar-refractivity contribution in [2.24, 2.45) is 5.92 Å². The molecule has 0 fully saturated rings.